The Morgan fingerprint density at radius 3 is 2.56 bits per heavy atom. The van der Waals surface area contributed by atoms with E-state index in [0.717, 1.165) is 16.3 Å². The van der Waals surface area contributed by atoms with Gasteiger partial charge in [-0.2, -0.15) is 0 Å². The first kappa shape index (κ1) is 15.0. The predicted molar refractivity (Wildman–Crippen MR) is 94.9 cm³/mol. The first-order valence-corrected chi connectivity index (χ1v) is 7.77. The molecule has 0 aliphatic rings. The SMILES string of the molecule is NC(=O)c1c(O)c2cccn2n(Cc2ccc3ccccc3c2)c1=O. The molecule has 6 nitrogen and oxygen atoms in total. The summed E-state index contributed by atoms with van der Waals surface area (Å²) in [5, 5.41) is 12.4. The molecule has 0 spiro atoms. The lowest BCUT2D eigenvalue weighted by Crippen LogP contribution is -2.33. The molecule has 2 heterocycles. The van der Waals surface area contributed by atoms with Crippen molar-refractivity contribution in [3.8, 4) is 5.75 Å². The quantitative estimate of drug-likeness (QED) is 0.602. The van der Waals surface area contributed by atoms with Crippen molar-refractivity contribution in [2.45, 2.75) is 6.54 Å². The minimum absolute atomic E-state index is 0.245. The van der Waals surface area contributed by atoms with Crippen molar-refractivity contribution in [1.82, 2.24) is 9.20 Å². The molecule has 0 saturated heterocycles. The number of hydrogen-bond acceptors (Lipinski definition) is 3. The molecular weight excluding hydrogens is 318 g/mol. The second kappa shape index (κ2) is 5.52. The fourth-order valence-corrected chi connectivity index (χ4v) is 3.11. The third-order valence-electron chi connectivity index (χ3n) is 4.31. The predicted octanol–water partition coefficient (Wildman–Crippen LogP) is 2.11. The van der Waals surface area contributed by atoms with E-state index in [9.17, 15) is 14.7 Å². The summed E-state index contributed by atoms with van der Waals surface area (Å²) in [7, 11) is 0. The van der Waals surface area contributed by atoms with Gasteiger partial charge in [0.05, 0.1) is 6.54 Å². The lowest BCUT2D eigenvalue weighted by Gasteiger charge is -2.14. The van der Waals surface area contributed by atoms with E-state index in [4.69, 9.17) is 5.73 Å². The molecule has 0 radical (unpaired) electrons. The smallest absolute Gasteiger partial charge is 0.282 e. The molecule has 1 amide bonds. The number of carbonyl (C=O) groups is 1. The van der Waals surface area contributed by atoms with Crippen molar-refractivity contribution >= 4 is 22.2 Å². The van der Waals surface area contributed by atoms with E-state index in [-0.39, 0.29) is 6.54 Å². The zero-order chi connectivity index (χ0) is 17.6. The zero-order valence-corrected chi connectivity index (χ0v) is 13.2. The van der Waals surface area contributed by atoms with E-state index in [1.54, 1.807) is 18.3 Å². The monoisotopic (exact) mass is 333 g/mol. The number of rotatable bonds is 3. The molecule has 3 N–H and O–H groups in total. The van der Waals surface area contributed by atoms with Crippen LogP contribution in [0, 0.1) is 0 Å². The maximum absolute atomic E-state index is 12.7. The van der Waals surface area contributed by atoms with Gasteiger partial charge < -0.3 is 10.8 Å². The van der Waals surface area contributed by atoms with E-state index in [1.165, 1.54) is 9.20 Å². The minimum Gasteiger partial charge on any atom is -0.505 e. The molecule has 2 aromatic carbocycles. The number of hydrogen-bond donors (Lipinski definition) is 2. The summed E-state index contributed by atoms with van der Waals surface area (Å²) < 4.78 is 2.92. The number of primary amides is 1. The van der Waals surface area contributed by atoms with Crippen LogP contribution < -0.4 is 11.3 Å². The molecule has 25 heavy (non-hydrogen) atoms. The summed E-state index contributed by atoms with van der Waals surface area (Å²) >= 11 is 0. The van der Waals surface area contributed by atoms with E-state index in [0.29, 0.717) is 5.52 Å². The fourth-order valence-electron chi connectivity index (χ4n) is 3.11. The highest BCUT2D eigenvalue weighted by atomic mass is 16.3. The highest BCUT2D eigenvalue weighted by molar-refractivity contribution is 5.97. The first-order valence-electron chi connectivity index (χ1n) is 7.77. The maximum atomic E-state index is 12.7. The largest absolute Gasteiger partial charge is 0.505 e. The third-order valence-corrected chi connectivity index (χ3v) is 4.31. The summed E-state index contributed by atoms with van der Waals surface area (Å²) in [6, 6.07) is 17.2. The summed E-state index contributed by atoms with van der Waals surface area (Å²) in [5.74, 6) is -1.34. The average molecular weight is 333 g/mol. The standard InChI is InChI=1S/C19H15N3O3/c20-18(24)16-17(23)15-6-3-9-21(15)22(19(16)25)11-12-7-8-13-4-1-2-5-14(13)10-12/h1-10,23H,11H2,(H2,20,24). The Morgan fingerprint density at radius 1 is 1.04 bits per heavy atom. The van der Waals surface area contributed by atoms with Crippen LogP contribution in [0.1, 0.15) is 15.9 Å². The van der Waals surface area contributed by atoms with Crippen LogP contribution in [0.4, 0.5) is 0 Å². The number of nitrogens with two attached hydrogens (primary N) is 1. The van der Waals surface area contributed by atoms with Crippen molar-refractivity contribution < 1.29 is 9.90 Å². The Hall–Kier alpha value is -3.54. The molecule has 4 rings (SSSR count). The molecule has 0 bridgehead atoms. The van der Waals surface area contributed by atoms with Gasteiger partial charge in [0.15, 0.2) is 5.75 Å². The summed E-state index contributed by atoms with van der Waals surface area (Å²) in [6.07, 6.45) is 1.66. The van der Waals surface area contributed by atoms with Crippen LogP contribution in [0.25, 0.3) is 16.3 Å². The van der Waals surface area contributed by atoms with Gasteiger partial charge in [-0.15, -0.1) is 0 Å². The molecule has 0 aliphatic carbocycles. The van der Waals surface area contributed by atoms with Gasteiger partial charge in [-0.05, 0) is 34.5 Å². The normalized spacial score (nSPS) is 11.2. The van der Waals surface area contributed by atoms with E-state index in [1.807, 2.05) is 42.5 Å². The Morgan fingerprint density at radius 2 is 1.80 bits per heavy atom. The van der Waals surface area contributed by atoms with Crippen molar-refractivity contribution in [2.24, 2.45) is 5.73 Å². The first-order chi connectivity index (χ1) is 12.1. The molecule has 0 atom stereocenters. The van der Waals surface area contributed by atoms with Crippen molar-refractivity contribution in [1.29, 1.82) is 0 Å². The van der Waals surface area contributed by atoms with Gasteiger partial charge >= 0.3 is 0 Å². The number of aromatic hydroxyl groups is 1. The van der Waals surface area contributed by atoms with Gasteiger partial charge in [0, 0.05) is 6.20 Å². The Balaban J connectivity index is 1.92. The van der Waals surface area contributed by atoms with Crippen molar-refractivity contribution in [3.05, 3.63) is 82.3 Å². The molecule has 4 aromatic rings. The number of amides is 1. The Labute approximate surface area is 142 Å². The molecule has 2 aromatic heterocycles. The van der Waals surface area contributed by atoms with Gasteiger partial charge in [0.2, 0.25) is 0 Å². The molecule has 0 fully saturated rings. The van der Waals surface area contributed by atoms with Gasteiger partial charge in [-0.3, -0.25) is 14.1 Å². The van der Waals surface area contributed by atoms with Crippen LogP contribution in [0.5, 0.6) is 5.75 Å². The van der Waals surface area contributed by atoms with Gasteiger partial charge in [0.1, 0.15) is 11.1 Å². The van der Waals surface area contributed by atoms with Gasteiger partial charge in [-0.1, -0.05) is 36.4 Å². The topological polar surface area (TPSA) is 89.7 Å². The van der Waals surface area contributed by atoms with Crippen LogP contribution in [0.3, 0.4) is 0 Å². The lowest BCUT2D eigenvalue weighted by atomic mass is 10.1. The Kier molecular flexibility index (Phi) is 3.32. The van der Waals surface area contributed by atoms with Crippen molar-refractivity contribution in [3.63, 3.8) is 0 Å². The van der Waals surface area contributed by atoms with Crippen LogP contribution in [0.15, 0.2) is 65.6 Å². The highest BCUT2D eigenvalue weighted by Crippen LogP contribution is 2.22. The van der Waals surface area contributed by atoms with Gasteiger partial charge in [0.25, 0.3) is 11.5 Å². The second-order valence-electron chi connectivity index (χ2n) is 5.87. The summed E-state index contributed by atoms with van der Waals surface area (Å²) in [5.41, 5.74) is 5.53. The average Bonchev–Trinajstić information content (AvgIpc) is 3.08. The summed E-state index contributed by atoms with van der Waals surface area (Å²) in [6.45, 7) is 0.245. The molecule has 0 saturated carbocycles. The fraction of sp³-hybridized carbons (Fsp3) is 0.0526. The number of fused-ring (bicyclic) bond motifs is 2. The minimum atomic E-state index is -0.946. The zero-order valence-electron chi connectivity index (χ0n) is 13.2. The van der Waals surface area contributed by atoms with Crippen LogP contribution in [0.2, 0.25) is 0 Å². The molecule has 0 unspecified atom stereocenters. The number of benzene rings is 2. The van der Waals surface area contributed by atoms with Crippen LogP contribution >= 0.6 is 0 Å². The van der Waals surface area contributed by atoms with Crippen LogP contribution in [-0.2, 0) is 6.54 Å². The van der Waals surface area contributed by atoms with E-state index < -0.39 is 22.8 Å². The number of carbonyl (C=O) groups excluding carboxylic acids is 1. The molecule has 0 aliphatic heterocycles. The molecule has 6 heteroatoms. The van der Waals surface area contributed by atoms with E-state index >= 15 is 0 Å². The number of aromatic nitrogens is 2. The molecular formula is C19H15N3O3. The number of nitrogens with zero attached hydrogens (tertiary/aromatic N) is 2. The van der Waals surface area contributed by atoms with Crippen LogP contribution in [-0.4, -0.2) is 20.2 Å². The van der Waals surface area contributed by atoms with E-state index in [2.05, 4.69) is 0 Å². The summed E-state index contributed by atoms with van der Waals surface area (Å²) in [4.78, 5) is 24.3. The third kappa shape index (κ3) is 2.35. The Bertz CT molecular complexity index is 1190. The molecule has 124 valence electrons. The van der Waals surface area contributed by atoms with Crippen molar-refractivity contribution in [2.75, 3.05) is 0 Å². The maximum Gasteiger partial charge on any atom is 0.282 e. The lowest BCUT2D eigenvalue weighted by molar-refractivity contribution is 0.0995. The highest BCUT2D eigenvalue weighted by Gasteiger charge is 2.20. The second-order valence-corrected chi connectivity index (χ2v) is 5.87. The van der Waals surface area contributed by atoms with Gasteiger partial charge in [-0.25, -0.2) is 4.68 Å².